The van der Waals surface area contributed by atoms with Crippen molar-refractivity contribution in [3.63, 3.8) is 0 Å². The highest BCUT2D eigenvalue weighted by Gasteiger charge is 2.34. The molecule has 1 nitrogen and oxygen atoms in total. The Morgan fingerprint density at radius 3 is 2.18 bits per heavy atom. The van der Waals surface area contributed by atoms with Crippen molar-refractivity contribution in [1.29, 1.82) is 0 Å². The van der Waals surface area contributed by atoms with Crippen molar-refractivity contribution in [2.45, 2.75) is 32.5 Å². The average molecular weight is 245 g/mol. The van der Waals surface area contributed by atoms with Gasteiger partial charge in [-0.25, -0.2) is 0 Å². The zero-order valence-corrected chi connectivity index (χ0v) is 10.6. The van der Waals surface area contributed by atoms with Gasteiger partial charge in [-0.1, -0.05) is 26.0 Å². The van der Waals surface area contributed by atoms with E-state index in [9.17, 15) is 13.2 Å². The molecule has 1 aromatic rings. The van der Waals surface area contributed by atoms with Gasteiger partial charge in [0.1, 0.15) is 0 Å². The maximum atomic E-state index is 12.9. The fourth-order valence-electron chi connectivity index (χ4n) is 1.82. The molecule has 0 amide bonds. The van der Waals surface area contributed by atoms with Crippen molar-refractivity contribution in [1.82, 2.24) is 4.90 Å². The molecule has 0 saturated heterocycles. The number of nitrogens with zero attached hydrogens (tertiary/aromatic N) is 1. The number of halogens is 3. The zero-order chi connectivity index (χ0) is 13.2. The predicted octanol–water partition coefficient (Wildman–Crippen LogP) is 3.89. The molecule has 0 fully saturated rings. The Kier molecular flexibility index (Phi) is 4.20. The van der Waals surface area contributed by atoms with Crippen LogP contribution in [-0.2, 0) is 12.7 Å². The highest BCUT2D eigenvalue weighted by molar-refractivity contribution is 5.36. The van der Waals surface area contributed by atoms with E-state index in [1.54, 1.807) is 26.0 Å². The Bertz CT molecular complexity index is 381. The van der Waals surface area contributed by atoms with E-state index < -0.39 is 11.7 Å². The van der Waals surface area contributed by atoms with Gasteiger partial charge in [0.25, 0.3) is 0 Å². The topological polar surface area (TPSA) is 3.24 Å². The summed E-state index contributed by atoms with van der Waals surface area (Å²) in [5.41, 5.74) is 0.540. The number of benzene rings is 1. The van der Waals surface area contributed by atoms with Crippen LogP contribution in [0.25, 0.3) is 0 Å². The van der Waals surface area contributed by atoms with Crippen LogP contribution in [0, 0.1) is 0 Å². The standard InChI is InChI=1S/C13H18F3N/c1-9(2)11-6-5-10(8-17(3)4)7-12(11)13(14,15)16/h5-7,9H,8H2,1-4H3. The lowest BCUT2D eigenvalue weighted by Gasteiger charge is -2.18. The molecule has 0 aliphatic rings. The summed E-state index contributed by atoms with van der Waals surface area (Å²) in [5.74, 6) is -0.125. The lowest BCUT2D eigenvalue weighted by atomic mass is 9.95. The molecule has 96 valence electrons. The molecule has 0 heterocycles. The van der Waals surface area contributed by atoms with Crippen LogP contribution >= 0.6 is 0 Å². The van der Waals surface area contributed by atoms with Gasteiger partial charge in [0.05, 0.1) is 5.56 Å². The van der Waals surface area contributed by atoms with Crippen LogP contribution in [-0.4, -0.2) is 19.0 Å². The van der Waals surface area contributed by atoms with Crippen molar-refractivity contribution in [3.8, 4) is 0 Å². The molecule has 0 N–H and O–H groups in total. The molecular formula is C13H18F3N. The smallest absolute Gasteiger partial charge is 0.305 e. The van der Waals surface area contributed by atoms with Gasteiger partial charge in [-0.05, 0) is 37.2 Å². The van der Waals surface area contributed by atoms with Crippen molar-refractivity contribution in [2.75, 3.05) is 14.1 Å². The zero-order valence-electron chi connectivity index (χ0n) is 10.6. The average Bonchev–Trinajstić information content (AvgIpc) is 2.14. The summed E-state index contributed by atoms with van der Waals surface area (Å²) < 4.78 is 38.7. The third-order valence-electron chi connectivity index (χ3n) is 2.54. The van der Waals surface area contributed by atoms with Gasteiger partial charge in [0.15, 0.2) is 0 Å². The van der Waals surface area contributed by atoms with E-state index in [-0.39, 0.29) is 5.92 Å². The highest BCUT2D eigenvalue weighted by atomic mass is 19.4. The van der Waals surface area contributed by atoms with Gasteiger partial charge < -0.3 is 4.90 Å². The van der Waals surface area contributed by atoms with Crippen LogP contribution in [0.15, 0.2) is 18.2 Å². The summed E-state index contributed by atoms with van der Waals surface area (Å²) in [6.45, 7) is 4.06. The van der Waals surface area contributed by atoms with Crippen molar-refractivity contribution in [2.24, 2.45) is 0 Å². The molecule has 17 heavy (non-hydrogen) atoms. The first-order valence-corrected chi connectivity index (χ1v) is 5.56. The number of hydrogen-bond acceptors (Lipinski definition) is 1. The first-order valence-electron chi connectivity index (χ1n) is 5.56. The molecular weight excluding hydrogens is 227 g/mol. The first-order chi connectivity index (χ1) is 7.71. The van der Waals surface area contributed by atoms with Crippen LogP contribution in [0.1, 0.15) is 36.5 Å². The van der Waals surface area contributed by atoms with Gasteiger partial charge in [-0.15, -0.1) is 0 Å². The Balaban J connectivity index is 3.20. The lowest BCUT2D eigenvalue weighted by molar-refractivity contribution is -0.138. The Morgan fingerprint density at radius 2 is 1.76 bits per heavy atom. The maximum absolute atomic E-state index is 12.9. The van der Waals surface area contributed by atoms with E-state index in [1.165, 1.54) is 6.07 Å². The normalized spacial score (nSPS) is 12.5. The van der Waals surface area contributed by atoms with Crippen LogP contribution in [0.3, 0.4) is 0 Å². The molecule has 0 aliphatic heterocycles. The van der Waals surface area contributed by atoms with Crippen molar-refractivity contribution >= 4 is 0 Å². The molecule has 4 heteroatoms. The first kappa shape index (κ1) is 14.0. The van der Waals surface area contributed by atoms with E-state index in [0.29, 0.717) is 17.7 Å². The second kappa shape index (κ2) is 5.08. The van der Waals surface area contributed by atoms with E-state index in [2.05, 4.69) is 0 Å². The van der Waals surface area contributed by atoms with E-state index >= 15 is 0 Å². The van der Waals surface area contributed by atoms with E-state index in [4.69, 9.17) is 0 Å². The van der Waals surface area contributed by atoms with Gasteiger partial charge in [0, 0.05) is 6.54 Å². The quantitative estimate of drug-likeness (QED) is 0.781. The minimum absolute atomic E-state index is 0.125. The molecule has 0 aliphatic carbocycles. The molecule has 0 bridgehead atoms. The molecule has 0 spiro atoms. The molecule has 0 atom stereocenters. The Hall–Kier alpha value is -1.03. The molecule has 0 saturated carbocycles. The summed E-state index contributed by atoms with van der Waals surface area (Å²) in [7, 11) is 3.67. The Morgan fingerprint density at radius 1 is 1.18 bits per heavy atom. The monoisotopic (exact) mass is 245 g/mol. The van der Waals surface area contributed by atoms with Crippen LogP contribution in [0.5, 0.6) is 0 Å². The van der Waals surface area contributed by atoms with Crippen LogP contribution in [0.4, 0.5) is 13.2 Å². The summed E-state index contributed by atoms with van der Waals surface area (Å²) in [6.07, 6.45) is -4.28. The minimum Gasteiger partial charge on any atom is -0.305 e. The highest BCUT2D eigenvalue weighted by Crippen LogP contribution is 2.35. The molecule has 0 aromatic heterocycles. The minimum atomic E-state index is -4.28. The second-order valence-corrected chi connectivity index (χ2v) is 4.81. The molecule has 0 radical (unpaired) electrons. The summed E-state index contributed by atoms with van der Waals surface area (Å²) >= 11 is 0. The predicted molar refractivity (Wildman–Crippen MR) is 62.9 cm³/mol. The van der Waals surface area contributed by atoms with E-state index in [0.717, 1.165) is 0 Å². The number of alkyl halides is 3. The second-order valence-electron chi connectivity index (χ2n) is 4.81. The number of hydrogen-bond donors (Lipinski definition) is 0. The maximum Gasteiger partial charge on any atom is 0.416 e. The molecule has 0 unspecified atom stereocenters. The third-order valence-corrected chi connectivity index (χ3v) is 2.54. The van der Waals surface area contributed by atoms with Gasteiger partial charge >= 0.3 is 6.18 Å². The molecule has 1 rings (SSSR count). The number of rotatable bonds is 3. The van der Waals surface area contributed by atoms with Gasteiger partial charge in [0.2, 0.25) is 0 Å². The largest absolute Gasteiger partial charge is 0.416 e. The van der Waals surface area contributed by atoms with Gasteiger partial charge in [-0.3, -0.25) is 0 Å². The third kappa shape index (κ3) is 3.73. The lowest BCUT2D eigenvalue weighted by Crippen LogP contribution is -2.14. The summed E-state index contributed by atoms with van der Waals surface area (Å²) in [5, 5.41) is 0. The van der Waals surface area contributed by atoms with Crippen LogP contribution < -0.4 is 0 Å². The SMILES string of the molecule is CC(C)c1ccc(CN(C)C)cc1C(F)(F)F. The summed E-state index contributed by atoms with van der Waals surface area (Å²) in [4.78, 5) is 1.85. The fraction of sp³-hybridized carbons (Fsp3) is 0.538. The van der Waals surface area contributed by atoms with Crippen molar-refractivity contribution in [3.05, 3.63) is 34.9 Å². The Labute approximate surface area is 100 Å². The summed E-state index contributed by atoms with van der Waals surface area (Å²) in [6, 6.07) is 4.62. The van der Waals surface area contributed by atoms with Crippen molar-refractivity contribution < 1.29 is 13.2 Å². The fourth-order valence-corrected chi connectivity index (χ4v) is 1.82. The molecule has 1 aromatic carbocycles. The van der Waals surface area contributed by atoms with Gasteiger partial charge in [-0.2, -0.15) is 13.2 Å². The van der Waals surface area contributed by atoms with Crippen LogP contribution in [0.2, 0.25) is 0 Å². The van der Waals surface area contributed by atoms with E-state index in [1.807, 2.05) is 19.0 Å².